The molecule has 1 aromatic rings. The number of carbonyl (C=O) groups is 1. The van der Waals surface area contributed by atoms with E-state index in [9.17, 15) is 9.18 Å². The number of hydrogen-bond donors (Lipinski definition) is 1. The Balaban J connectivity index is 0.00000200. The van der Waals surface area contributed by atoms with Gasteiger partial charge in [0.2, 0.25) is 5.91 Å². The summed E-state index contributed by atoms with van der Waals surface area (Å²) in [5.74, 6) is -0.374. The number of likely N-dealkylation sites (N-methyl/N-ethyl adjacent to an activating group) is 1. The Morgan fingerprint density at radius 3 is 2.62 bits per heavy atom. The van der Waals surface area contributed by atoms with Crippen LogP contribution in [-0.4, -0.2) is 32.1 Å². The summed E-state index contributed by atoms with van der Waals surface area (Å²) in [7, 11) is 1.89. The van der Waals surface area contributed by atoms with Gasteiger partial charge in [0.05, 0.1) is 17.4 Å². The number of carbonyl (C=O) groups excluding carboxylic acids is 1. The number of benzene rings is 1. The number of nitrogens with two attached hydrogens (primary N) is 1. The molecular weight excluding hydrogens is 316 g/mol. The van der Waals surface area contributed by atoms with E-state index in [1.54, 1.807) is 11.0 Å². The van der Waals surface area contributed by atoms with Crippen molar-refractivity contribution in [3.8, 4) is 0 Å². The molecule has 1 atom stereocenters. The average molecular weight is 338 g/mol. The van der Waals surface area contributed by atoms with Crippen LogP contribution in [0.2, 0.25) is 0 Å². The second-order valence-electron chi connectivity index (χ2n) is 4.94. The zero-order chi connectivity index (χ0) is 14.0. The van der Waals surface area contributed by atoms with Gasteiger partial charge in [0.15, 0.2) is 0 Å². The monoisotopic (exact) mass is 337 g/mol. The Kier molecular flexibility index (Phi) is 8.00. The van der Waals surface area contributed by atoms with Crippen LogP contribution in [0.15, 0.2) is 18.2 Å². The second-order valence-corrected chi connectivity index (χ2v) is 4.94. The molecule has 2 N–H and O–H groups in total. The maximum absolute atomic E-state index is 13.3. The molecule has 0 radical (unpaired) electrons. The Morgan fingerprint density at radius 2 is 2.00 bits per heavy atom. The minimum absolute atomic E-state index is 0. The molecule has 0 aliphatic carbocycles. The maximum atomic E-state index is 13.3. The van der Waals surface area contributed by atoms with Gasteiger partial charge in [-0.1, -0.05) is 13.3 Å². The van der Waals surface area contributed by atoms with E-state index in [0.29, 0.717) is 19.5 Å². The second kappa shape index (κ2) is 8.41. The fraction of sp³-hybridized carbons (Fsp3) is 0.500. The predicted octanol–water partition coefficient (Wildman–Crippen LogP) is 2.58. The molecule has 0 saturated heterocycles. The van der Waals surface area contributed by atoms with Crippen molar-refractivity contribution in [2.75, 3.05) is 29.9 Å². The molecule has 0 saturated carbocycles. The molecule has 0 spiro atoms. The average Bonchev–Trinajstić information content (AvgIpc) is 2.39. The molecule has 0 fully saturated rings. The quantitative estimate of drug-likeness (QED) is 0.922. The number of amides is 1. The smallest absolute Gasteiger partial charge is 0.244 e. The lowest BCUT2D eigenvalue weighted by molar-refractivity contribution is -0.120. The van der Waals surface area contributed by atoms with Gasteiger partial charge >= 0.3 is 0 Å². The minimum atomic E-state index is -0.480. The third-order valence-electron chi connectivity index (χ3n) is 3.48. The molecule has 4 nitrogen and oxygen atoms in total. The van der Waals surface area contributed by atoms with Crippen molar-refractivity contribution in [2.24, 2.45) is 5.73 Å². The van der Waals surface area contributed by atoms with Crippen molar-refractivity contribution in [3.05, 3.63) is 24.0 Å². The summed E-state index contributed by atoms with van der Waals surface area (Å²) < 4.78 is 13.3. The van der Waals surface area contributed by atoms with E-state index in [0.717, 1.165) is 17.8 Å². The number of anilines is 2. The molecule has 21 heavy (non-hydrogen) atoms. The van der Waals surface area contributed by atoms with Crippen LogP contribution in [-0.2, 0) is 4.79 Å². The van der Waals surface area contributed by atoms with E-state index in [1.165, 1.54) is 12.1 Å². The van der Waals surface area contributed by atoms with Gasteiger partial charge in [-0.15, -0.1) is 24.8 Å². The van der Waals surface area contributed by atoms with Gasteiger partial charge in [-0.2, -0.15) is 0 Å². The van der Waals surface area contributed by atoms with Crippen LogP contribution >= 0.6 is 24.8 Å². The number of halogens is 3. The molecule has 1 aliphatic heterocycles. The van der Waals surface area contributed by atoms with Crippen molar-refractivity contribution >= 4 is 42.1 Å². The van der Waals surface area contributed by atoms with Crippen LogP contribution in [0.4, 0.5) is 15.8 Å². The fourth-order valence-electron chi connectivity index (χ4n) is 2.39. The number of rotatable bonds is 3. The number of hydrogen-bond acceptors (Lipinski definition) is 3. The van der Waals surface area contributed by atoms with E-state index >= 15 is 0 Å². The van der Waals surface area contributed by atoms with Gasteiger partial charge in [0.1, 0.15) is 5.82 Å². The van der Waals surface area contributed by atoms with Gasteiger partial charge < -0.3 is 15.5 Å². The molecule has 2 rings (SSSR count). The first-order chi connectivity index (χ1) is 9.04. The molecule has 7 heteroatoms. The summed E-state index contributed by atoms with van der Waals surface area (Å²) >= 11 is 0. The van der Waals surface area contributed by atoms with Crippen molar-refractivity contribution in [1.29, 1.82) is 0 Å². The van der Waals surface area contributed by atoms with Crippen LogP contribution in [0.25, 0.3) is 0 Å². The Hall–Kier alpha value is -1.04. The summed E-state index contributed by atoms with van der Waals surface area (Å²) in [4.78, 5) is 16.0. The molecule has 0 bridgehead atoms. The maximum Gasteiger partial charge on any atom is 0.244 e. The molecule has 120 valence electrons. The topological polar surface area (TPSA) is 49.6 Å². The highest BCUT2D eigenvalue weighted by molar-refractivity contribution is 6.00. The van der Waals surface area contributed by atoms with Crippen LogP contribution in [0.1, 0.15) is 19.8 Å². The Bertz CT molecular complexity index is 487. The predicted molar refractivity (Wildman–Crippen MR) is 89.4 cm³/mol. The number of nitrogens with zero attached hydrogens (tertiary/aromatic N) is 2. The fourth-order valence-corrected chi connectivity index (χ4v) is 2.39. The first-order valence-corrected chi connectivity index (χ1v) is 6.62. The van der Waals surface area contributed by atoms with Crippen molar-refractivity contribution in [1.82, 2.24) is 0 Å². The van der Waals surface area contributed by atoms with Crippen LogP contribution in [0.5, 0.6) is 0 Å². The SMILES string of the molecule is CCCC(N)C(=O)N1CCN(C)c2cc(F)ccc21.Cl.Cl. The van der Waals surface area contributed by atoms with Gasteiger partial charge in [-0.25, -0.2) is 4.39 Å². The Morgan fingerprint density at radius 1 is 1.33 bits per heavy atom. The normalized spacial score (nSPS) is 14.7. The molecule has 1 aliphatic rings. The standard InChI is InChI=1S/C14H20FN3O.2ClH/c1-3-4-11(16)14(19)18-8-7-17(2)13-9-10(15)5-6-12(13)18;;/h5-6,9,11H,3-4,7-8,16H2,1-2H3;2*1H. The lowest BCUT2D eigenvalue weighted by Crippen LogP contribution is -2.49. The van der Waals surface area contributed by atoms with Crippen molar-refractivity contribution in [3.63, 3.8) is 0 Å². The molecule has 1 aromatic carbocycles. The third kappa shape index (κ3) is 4.22. The van der Waals surface area contributed by atoms with Gasteiger partial charge in [-0.3, -0.25) is 4.79 Å². The zero-order valence-electron chi connectivity index (χ0n) is 12.2. The lowest BCUT2D eigenvalue weighted by Gasteiger charge is -2.36. The summed E-state index contributed by atoms with van der Waals surface area (Å²) in [5.41, 5.74) is 7.38. The minimum Gasteiger partial charge on any atom is -0.371 e. The van der Waals surface area contributed by atoms with E-state index < -0.39 is 6.04 Å². The van der Waals surface area contributed by atoms with E-state index in [1.807, 2.05) is 18.9 Å². The highest BCUT2D eigenvalue weighted by atomic mass is 35.5. The molecule has 1 unspecified atom stereocenters. The summed E-state index contributed by atoms with van der Waals surface area (Å²) in [6.45, 7) is 3.27. The zero-order valence-corrected chi connectivity index (χ0v) is 13.8. The molecule has 0 aromatic heterocycles. The van der Waals surface area contributed by atoms with E-state index in [-0.39, 0.29) is 36.5 Å². The third-order valence-corrected chi connectivity index (χ3v) is 3.48. The highest BCUT2D eigenvalue weighted by Gasteiger charge is 2.28. The first kappa shape index (κ1) is 20.0. The van der Waals surface area contributed by atoms with Gasteiger partial charge in [0, 0.05) is 20.1 Å². The summed E-state index contributed by atoms with van der Waals surface area (Å²) in [5, 5.41) is 0. The first-order valence-electron chi connectivity index (χ1n) is 6.62. The Labute approximate surface area is 137 Å². The number of fused-ring (bicyclic) bond motifs is 1. The largest absolute Gasteiger partial charge is 0.371 e. The van der Waals surface area contributed by atoms with E-state index in [4.69, 9.17) is 5.73 Å². The van der Waals surface area contributed by atoms with E-state index in [2.05, 4.69) is 0 Å². The van der Waals surface area contributed by atoms with Crippen LogP contribution in [0, 0.1) is 5.82 Å². The van der Waals surface area contributed by atoms with Crippen molar-refractivity contribution in [2.45, 2.75) is 25.8 Å². The molecular formula is C14H22Cl2FN3O. The van der Waals surface area contributed by atoms with Gasteiger partial charge in [0.25, 0.3) is 0 Å². The van der Waals surface area contributed by atoms with Crippen LogP contribution in [0.3, 0.4) is 0 Å². The highest BCUT2D eigenvalue weighted by Crippen LogP contribution is 2.33. The molecule has 1 amide bonds. The van der Waals surface area contributed by atoms with Crippen LogP contribution < -0.4 is 15.5 Å². The lowest BCUT2D eigenvalue weighted by atomic mass is 10.1. The van der Waals surface area contributed by atoms with Gasteiger partial charge in [-0.05, 0) is 24.6 Å². The summed E-state index contributed by atoms with van der Waals surface area (Å²) in [6.07, 6.45) is 1.54. The van der Waals surface area contributed by atoms with Crippen molar-refractivity contribution < 1.29 is 9.18 Å². The molecule has 1 heterocycles. The summed E-state index contributed by atoms with van der Waals surface area (Å²) in [6, 6.07) is 4.01.